The van der Waals surface area contributed by atoms with Crippen LogP contribution in [0.25, 0.3) is 0 Å². The first-order valence-electron chi connectivity index (χ1n) is 8.46. The van der Waals surface area contributed by atoms with E-state index in [0.29, 0.717) is 42.1 Å². The number of benzene rings is 2. The maximum absolute atomic E-state index is 12.2. The number of hydrogen-bond donors (Lipinski definition) is 2. The van der Waals surface area contributed by atoms with Gasteiger partial charge in [-0.15, -0.1) is 0 Å². The highest BCUT2D eigenvalue weighted by atomic mass is 16.5. The third-order valence-corrected chi connectivity index (χ3v) is 3.83. The summed E-state index contributed by atoms with van der Waals surface area (Å²) >= 11 is 0. The second kappa shape index (κ2) is 9.46. The molecule has 0 unspecified atom stereocenters. The summed E-state index contributed by atoms with van der Waals surface area (Å²) in [6, 6.07) is 12.5. The van der Waals surface area contributed by atoms with Crippen molar-refractivity contribution < 1.29 is 19.1 Å². The van der Waals surface area contributed by atoms with Gasteiger partial charge in [-0.1, -0.05) is 12.1 Å². The first-order chi connectivity index (χ1) is 12.6. The van der Waals surface area contributed by atoms with Crippen LogP contribution in [0.15, 0.2) is 42.5 Å². The lowest BCUT2D eigenvalue weighted by molar-refractivity contribution is -0.116. The Bertz CT molecular complexity index is 774. The summed E-state index contributed by atoms with van der Waals surface area (Å²) in [5.41, 5.74) is 2.10. The van der Waals surface area contributed by atoms with Gasteiger partial charge in [-0.25, -0.2) is 0 Å². The molecule has 2 aromatic rings. The van der Waals surface area contributed by atoms with E-state index in [1.54, 1.807) is 38.5 Å². The van der Waals surface area contributed by atoms with Crippen LogP contribution in [0, 0.1) is 0 Å². The molecule has 0 fully saturated rings. The maximum atomic E-state index is 12.2. The van der Waals surface area contributed by atoms with Crippen molar-refractivity contribution in [2.24, 2.45) is 0 Å². The number of carbonyl (C=O) groups excluding carboxylic acids is 2. The first kappa shape index (κ1) is 19.3. The summed E-state index contributed by atoms with van der Waals surface area (Å²) in [4.78, 5) is 24.1. The summed E-state index contributed by atoms with van der Waals surface area (Å²) in [5, 5.41) is 5.56. The van der Waals surface area contributed by atoms with Gasteiger partial charge < -0.3 is 20.1 Å². The molecule has 0 aliphatic carbocycles. The van der Waals surface area contributed by atoms with E-state index in [-0.39, 0.29) is 11.8 Å². The molecule has 0 bridgehead atoms. The summed E-state index contributed by atoms with van der Waals surface area (Å²) in [5.74, 6) is 1.02. The molecule has 0 heterocycles. The van der Waals surface area contributed by atoms with Crippen LogP contribution in [0.1, 0.15) is 29.3 Å². The monoisotopic (exact) mass is 356 g/mol. The normalized spacial score (nSPS) is 10.1. The Morgan fingerprint density at radius 2 is 1.77 bits per heavy atom. The largest absolute Gasteiger partial charge is 0.493 e. The topological polar surface area (TPSA) is 76.7 Å². The van der Waals surface area contributed by atoms with Crippen molar-refractivity contribution in [3.63, 3.8) is 0 Å². The fourth-order valence-corrected chi connectivity index (χ4v) is 2.52. The molecule has 0 atom stereocenters. The van der Waals surface area contributed by atoms with Crippen LogP contribution in [-0.4, -0.2) is 32.6 Å². The van der Waals surface area contributed by atoms with E-state index in [2.05, 4.69) is 10.6 Å². The van der Waals surface area contributed by atoms with Crippen molar-refractivity contribution in [1.82, 2.24) is 5.32 Å². The van der Waals surface area contributed by atoms with E-state index < -0.39 is 0 Å². The third-order valence-electron chi connectivity index (χ3n) is 3.83. The SMILES string of the molecule is CCNC(=O)c1cccc(NC(=O)CCc2ccc(OC)c(OC)c2)c1. The second-order valence-corrected chi connectivity index (χ2v) is 5.68. The van der Waals surface area contributed by atoms with Crippen molar-refractivity contribution in [2.45, 2.75) is 19.8 Å². The third kappa shape index (κ3) is 5.24. The first-order valence-corrected chi connectivity index (χ1v) is 8.46. The Morgan fingerprint density at radius 1 is 1.00 bits per heavy atom. The van der Waals surface area contributed by atoms with Crippen LogP contribution in [0.5, 0.6) is 11.5 Å². The average molecular weight is 356 g/mol. The van der Waals surface area contributed by atoms with Gasteiger partial charge in [-0.3, -0.25) is 9.59 Å². The van der Waals surface area contributed by atoms with Crippen molar-refractivity contribution in [3.05, 3.63) is 53.6 Å². The number of rotatable bonds is 8. The molecule has 138 valence electrons. The van der Waals surface area contributed by atoms with Crippen molar-refractivity contribution in [3.8, 4) is 11.5 Å². The molecule has 6 heteroatoms. The molecule has 6 nitrogen and oxygen atoms in total. The van der Waals surface area contributed by atoms with Gasteiger partial charge in [-0.05, 0) is 49.2 Å². The molecule has 2 N–H and O–H groups in total. The molecule has 0 spiro atoms. The Kier molecular flexibility index (Phi) is 7.02. The van der Waals surface area contributed by atoms with E-state index in [1.165, 1.54) is 0 Å². The van der Waals surface area contributed by atoms with E-state index in [1.807, 2.05) is 25.1 Å². The van der Waals surface area contributed by atoms with Crippen LogP contribution in [0.3, 0.4) is 0 Å². The Morgan fingerprint density at radius 3 is 2.46 bits per heavy atom. The summed E-state index contributed by atoms with van der Waals surface area (Å²) in [6.07, 6.45) is 0.892. The molecule has 26 heavy (non-hydrogen) atoms. The molecule has 0 radical (unpaired) electrons. The number of carbonyl (C=O) groups is 2. The molecule has 2 aromatic carbocycles. The zero-order chi connectivity index (χ0) is 18.9. The quantitative estimate of drug-likeness (QED) is 0.762. The molecule has 2 rings (SSSR count). The van der Waals surface area contributed by atoms with Crippen molar-refractivity contribution in [2.75, 3.05) is 26.1 Å². The highest BCUT2D eigenvalue weighted by Crippen LogP contribution is 2.28. The summed E-state index contributed by atoms with van der Waals surface area (Å²) in [7, 11) is 3.16. The average Bonchev–Trinajstić information content (AvgIpc) is 2.66. The lowest BCUT2D eigenvalue weighted by Gasteiger charge is -2.10. The van der Waals surface area contributed by atoms with Crippen LogP contribution < -0.4 is 20.1 Å². The van der Waals surface area contributed by atoms with Crippen LogP contribution in [0.2, 0.25) is 0 Å². The molecule has 2 amide bonds. The number of hydrogen-bond acceptors (Lipinski definition) is 4. The lowest BCUT2D eigenvalue weighted by Crippen LogP contribution is -2.22. The number of nitrogens with one attached hydrogen (secondary N) is 2. The second-order valence-electron chi connectivity index (χ2n) is 5.68. The molecular weight excluding hydrogens is 332 g/mol. The summed E-state index contributed by atoms with van der Waals surface area (Å²) < 4.78 is 10.5. The molecule has 0 aliphatic rings. The van der Waals surface area contributed by atoms with Gasteiger partial charge >= 0.3 is 0 Å². The van der Waals surface area contributed by atoms with Gasteiger partial charge in [0.1, 0.15) is 0 Å². The molecule has 0 aliphatic heterocycles. The Labute approximate surface area is 153 Å². The molecule has 0 saturated heterocycles. The summed E-state index contributed by atoms with van der Waals surface area (Å²) in [6.45, 7) is 2.42. The van der Waals surface area contributed by atoms with Gasteiger partial charge in [0.05, 0.1) is 14.2 Å². The smallest absolute Gasteiger partial charge is 0.251 e. The predicted octanol–water partition coefficient (Wildman–Crippen LogP) is 3.02. The lowest BCUT2D eigenvalue weighted by atomic mass is 10.1. The zero-order valence-electron chi connectivity index (χ0n) is 15.3. The van der Waals surface area contributed by atoms with Gasteiger partial charge in [0.25, 0.3) is 5.91 Å². The number of methoxy groups -OCH3 is 2. The number of aryl methyl sites for hydroxylation is 1. The number of ether oxygens (including phenoxy) is 2. The fraction of sp³-hybridized carbons (Fsp3) is 0.300. The molecule has 0 saturated carbocycles. The number of amides is 2. The minimum Gasteiger partial charge on any atom is -0.493 e. The minimum absolute atomic E-state index is 0.118. The van der Waals surface area contributed by atoms with Crippen LogP contribution in [0.4, 0.5) is 5.69 Å². The Hall–Kier alpha value is -3.02. The number of anilines is 1. The standard InChI is InChI=1S/C20H24N2O4/c1-4-21-20(24)15-6-5-7-16(13-15)22-19(23)11-9-14-8-10-17(25-2)18(12-14)26-3/h5-8,10,12-13H,4,9,11H2,1-3H3,(H,21,24)(H,22,23). The van der Waals surface area contributed by atoms with E-state index in [4.69, 9.17) is 9.47 Å². The molecule has 0 aromatic heterocycles. The highest BCUT2D eigenvalue weighted by Gasteiger charge is 2.09. The van der Waals surface area contributed by atoms with Gasteiger partial charge in [0.15, 0.2) is 11.5 Å². The van der Waals surface area contributed by atoms with Gasteiger partial charge in [0, 0.05) is 24.2 Å². The Balaban J connectivity index is 1.95. The van der Waals surface area contributed by atoms with Crippen molar-refractivity contribution in [1.29, 1.82) is 0 Å². The van der Waals surface area contributed by atoms with Crippen molar-refractivity contribution >= 4 is 17.5 Å². The maximum Gasteiger partial charge on any atom is 0.251 e. The van der Waals surface area contributed by atoms with E-state index in [9.17, 15) is 9.59 Å². The minimum atomic E-state index is -0.158. The highest BCUT2D eigenvalue weighted by molar-refractivity contribution is 5.97. The van der Waals surface area contributed by atoms with E-state index >= 15 is 0 Å². The van der Waals surface area contributed by atoms with E-state index in [0.717, 1.165) is 5.56 Å². The van der Waals surface area contributed by atoms with Gasteiger partial charge in [-0.2, -0.15) is 0 Å². The fourth-order valence-electron chi connectivity index (χ4n) is 2.52. The van der Waals surface area contributed by atoms with Crippen LogP contribution in [-0.2, 0) is 11.2 Å². The molecular formula is C20H24N2O4. The zero-order valence-corrected chi connectivity index (χ0v) is 15.3. The van der Waals surface area contributed by atoms with Crippen LogP contribution >= 0.6 is 0 Å². The predicted molar refractivity (Wildman–Crippen MR) is 101 cm³/mol. The van der Waals surface area contributed by atoms with Gasteiger partial charge in [0.2, 0.25) is 5.91 Å².